The minimum Gasteiger partial charge on any atom is -0.207 e. The Morgan fingerprint density at radius 2 is 2.17 bits per heavy atom. The van der Waals surface area contributed by atoms with Crippen molar-refractivity contribution < 1.29 is 4.39 Å². The number of halogens is 2. The van der Waals surface area contributed by atoms with E-state index in [1.165, 1.54) is 18.3 Å². The van der Waals surface area contributed by atoms with E-state index in [4.69, 9.17) is 0 Å². The number of hydrogen-bond donors (Lipinski definition) is 0. The van der Waals surface area contributed by atoms with Gasteiger partial charge in [-0.1, -0.05) is 0 Å². The van der Waals surface area contributed by atoms with Crippen LogP contribution in [0.15, 0.2) is 29.0 Å². The maximum Gasteiger partial charge on any atom is 0.136 e. The molecule has 4 heteroatoms. The van der Waals surface area contributed by atoms with Crippen LogP contribution in [0, 0.1) is 5.82 Å². The molecule has 12 heavy (non-hydrogen) atoms. The van der Waals surface area contributed by atoms with Crippen molar-refractivity contribution in [3.8, 4) is 0 Å². The Kier molecular flexibility index (Phi) is 1.77. The summed E-state index contributed by atoms with van der Waals surface area (Å²) in [6, 6.07) is 4.49. The third-order valence-corrected chi connectivity index (χ3v) is 2.16. The molecule has 0 atom stereocenters. The van der Waals surface area contributed by atoms with Gasteiger partial charge in [-0.2, -0.15) is 5.10 Å². The van der Waals surface area contributed by atoms with E-state index in [0.717, 1.165) is 10.8 Å². The summed E-state index contributed by atoms with van der Waals surface area (Å²) in [6.07, 6.45) is 1.53. The topological polar surface area (TPSA) is 25.8 Å². The molecule has 0 aliphatic carbocycles. The van der Waals surface area contributed by atoms with Crippen molar-refractivity contribution >= 4 is 26.7 Å². The van der Waals surface area contributed by atoms with E-state index < -0.39 is 0 Å². The molecule has 0 unspecified atom stereocenters. The third kappa shape index (κ3) is 1.18. The summed E-state index contributed by atoms with van der Waals surface area (Å²) < 4.78 is 13.3. The predicted octanol–water partition coefficient (Wildman–Crippen LogP) is 2.53. The van der Waals surface area contributed by atoms with Crippen molar-refractivity contribution in [1.29, 1.82) is 0 Å². The highest BCUT2D eigenvalue weighted by atomic mass is 79.9. The van der Waals surface area contributed by atoms with Crippen LogP contribution in [0.1, 0.15) is 0 Å². The van der Waals surface area contributed by atoms with Crippen LogP contribution in [-0.2, 0) is 0 Å². The third-order valence-electron chi connectivity index (χ3n) is 1.58. The zero-order valence-electron chi connectivity index (χ0n) is 5.96. The Morgan fingerprint density at radius 1 is 1.33 bits per heavy atom. The van der Waals surface area contributed by atoms with Crippen molar-refractivity contribution in [2.75, 3.05) is 0 Å². The lowest BCUT2D eigenvalue weighted by Gasteiger charge is -1.97. The molecule has 0 spiro atoms. The summed E-state index contributed by atoms with van der Waals surface area (Å²) in [5.74, 6) is -0.262. The summed E-state index contributed by atoms with van der Waals surface area (Å²) in [5, 5.41) is 9.09. The van der Waals surface area contributed by atoms with Gasteiger partial charge in [0.15, 0.2) is 0 Å². The van der Waals surface area contributed by atoms with Crippen molar-refractivity contribution in [1.82, 2.24) is 10.2 Å². The van der Waals surface area contributed by atoms with Gasteiger partial charge in [0.05, 0.1) is 6.20 Å². The van der Waals surface area contributed by atoms with Gasteiger partial charge in [-0.3, -0.25) is 0 Å². The smallest absolute Gasteiger partial charge is 0.136 e. The maximum absolute atomic E-state index is 12.7. The molecule has 0 aliphatic heterocycles. The molecule has 0 aliphatic rings. The zero-order valence-corrected chi connectivity index (χ0v) is 7.55. The first-order valence-corrected chi connectivity index (χ1v) is 4.13. The van der Waals surface area contributed by atoms with Crippen molar-refractivity contribution in [2.45, 2.75) is 0 Å². The number of aromatic nitrogens is 2. The molecule has 1 aromatic heterocycles. The summed E-state index contributed by atoms with van der Waals surface area (Å²) in [5.41, 5.74) is 0. The fourth-order valence-corrected chi connectivity index (χ4v) is 1.48. The van der Waals surface area contributed by atoms with E-state index in [-0.39, 0.29) is 5.82 Å². The first kappa shape index (κ1) is 7.61. The van der Waals surface area contributed by atoms with Crippen LogP contribution in [-0.4, -0.2) is 10.2 Å². The van der Waals surface area contributed by atoms with Gasteiger partial charge in [-0.05, 0) is 34.1 Å². The molecule has 1 heterocycles. The molecule has 1 aromatic carbocycles. The van der Waals surface area contributed by atoms with E-state index in [0.29, 0.717) is 4.60 Å². The summed E-state index contributed by atoms with van der Waals surface area (Å²) >= 11 is 3.23. The van der Waals surface area contributed by atoms with Gasteiger partial charge in [-0.15, -0.1) is 5.10 Å². The standard InChI is InChI=1S/C8H4BrFN2/c9-8-7-2-1-6(10)3-5(7)4-11-12-8/h1-4H. The molecule has 2 nitrogen and oxygen atoms in total. The summed E-state index contributed by atoms with van der Waals surface area (Å²) in [6.45, 7) is 0. The number of benzene rings is 1. The second-order valence-corrected chi connectivity index (χ2v) is 3.12. The fraction of sp³-hybridized carbons (Fsp3) is 0. The average molecular weight is 227 g/mol. The molecule has 60 valence electrons. The molecule has 0 amide bonds. The molecule has 2 rings (SSSR count). The summed E-state index contributed by atoms with van der Waals surface area (Å²) in [4.78, 5) is 0. The molecule has 0 bridgehead atoms. The highest BCUT2D eigenvalue weighted by molar-refractivity contribution is 9.10. The molecular weight excluding hydrogens is 223 g/mol. The van der Waals surface area contributed by atoms with E-state index in [1.807, 2.05) is 0 Å². The first-order valence-electron chi connectivity index (χ1n) is 3.34. The van der Waals surface area contributed by atoms with Crippen LogP contribution in [0.4, 0.5) is 4.39 Å². The highest BCUT2D eigenvalue weighted by Gasteiger charge is 2.00. The van der Waals surface area contributed by atoms with E-state index in [2.05, 4.69) is 26.1 Å². The van der Waals surface area contributed by atoms with Crippen LogP contribution < -0.4 is 0 Å². The molecule has 2 aromatic rings. The maximum atomic E-state index is 12.7. The van der Waals surface area contributed by atoms with Crippen LogP contribution in [0.25, 0.3) is 10.8 Å². The zero-order chi connectivity index (χ0) is 8.55. The van der Waals surface area contributed by atoms with E-state index in [1.54, 1.807) is 6.07 Å². The van der Waals surface area contributed by atoms with Gasteiger partial charge in [0.25, 0.3) is 0 Å². The number of nitrogens with zero attached hydrogens (tertiary/aromatic N) is 2. The molecule has 0 N–H and O–H groups in total. The molecule has 0 fully saturated rings. The Bertz CT molecular complexity index is 430. The van der Waals surface area contributed by atoms with E-state index in [9.17, 15) is 4.39 Å². The molecule has 0 radical (unpaired) electrons. The van der Waals surface area contributed by atoms with Crippen LogP contribution in [0.3, 0.4) is 0 Å². The largest absolute Gasteiger partial charge is 0.207 e. The second-order valence-electron chi connectivity index (χ2n) is 2.37. The first-order chi connectivity index (χ1) is 5.77. The molecule has 0 saturated carbocycles. The molecule has 0 saturated heterocycles. The number of hydrogen-bond acceptors (Lipinski definition) is 2. The van der Waals surface area contributed by atoms with Gasteiger partial charge < -0.3 is 0 Å². The monoisotopic (exact) mass is 226 g/mol. The Morgan fingerprint density at radius 3 is 3.00 bits per heavy atom. The van der Waals surface area contributed by atoms with Crippen LogP contribution in [0.5, 0.6) is 0 Å². The van der Waals surface area contributed by atoms with Crippen LogP contribution >= 0.6 is 15.9 Å². The van der Waals surface area contributed by atoms with Gasteiger partial charge in [0.2, 0.25) is 0 Å². The van der Waals surface area contributed by atoms with Gasteiger partial charge in [0, 0.05) is 10.8 Å². The molecular formula is C8H4BrFN2. The van der Waals surface area contributed by atoms with E-state index >= 15 is 0 Å². The Balaban J connectivity index is 2.86. The lowest BCUT2D eigenvalue weighted by atomic mass is 10.2. The summed E-state index contributed by atoms with van der Waals surface area (Å²) in [7, 11) is 0. The SMILES string of the molecule is Fc1ccc2c(Br)nncc2c1. The lowest BCUT2D eigenvalue weighted by molar-refractivity contribution is 0.629. The normalized spacial score (nSPS) is 10.5. The minimum absolute atomic E-state index is 0.262. The van der Waals surface area contributed by atoms with Crippen molar-refractivity contribution in [3.05, 3.63) is 34.8 Å². The van der Waals surface area contributed by atoms with Gasteiger partial charge in [-0.25, -0.2) is 4.39 Å². The fourth-order valence-electron chi connectivity index (χ4n) is 1.02. The van der Waals surface area contributed by atoms with Gasteiger partial charge in [0.1, 0.15) is 10.4 Å². The number of rotatable bonds is 0. The van der Waals surface area contributed by atoms with Crippen molar-refractivity contribution in [3.63, 3.8) is 0 Å². The number of fused-ring (bicyclic) bond motifs is 1. The predicted molar refractivity (Wildman–Crippen MR) is 47.2 cm³/mol. The van der Waals surface area contributed by atoms with Crippen LogP contribution in [0.2, 0.25) is 0 Å². The Hall–Kier alpha value is -1.03. The second kappa shape index (κ2) is 2.79. The Labute approximate surface area is 76.6 Å². The van der Waals surface area contributed by atoms with Crippen molar-refractivity contribution in [2.24, 2.45) is 0 Å². The minimum atomic E-state index is -0.262. The average Bonchev–Trinajstić information content (AvgIpc) is 2.04. The van der Waals surface area contributed by atoms with Gasteiger partial charge >= 0.3 is 0 Å². The highest BCUT2D eigenvalue weighted by Crippen LogP contribution is 2.20. The quantitative estimate of drug-likeness (QED) is 0.691. The lowest BCUT2D eigenvalue weighted by Crippen LogP contribution is -1.84.